The lowest BCUT2D eigenvalue weighted by Gasteiger charge is -2.24. The number of carbonyl (C=O) groups excluding carboxylic acids is 2. The largest absolute Gasteiger partial charge is 0.380 e. The average Bonchev–Trinajstić information content (AvgIpc) is 3.27. The summed E-state index contributed by atoms with van der Waals surface area (Å²) in [5.74, 6) is -0.0652. The van der Waals surface area contributed by atoms with Gasteiger partial charge in [0.2, 0.25) is 5.91 Å². The lowest BCUT2D eigenvalue weighted by atomic mass is 10.2. The van der Waals surface area contributed by atoms with Crippen LogP contribution in [-0.2, 0) is 9.53 Å². The van der Waals surface area contributed by atoms with Crippen molar-refractivity contribution in [2.24, 2.45) is 0 Å². The van der Waals surface area contributed by atoms with Crippen LogP contribution in [0.5, 0.6) is 0 Å². The summed E-state index contributed by atoms with van der Waals surface area (Å²) >= 11 is 5.89. The van der Waals surface area contributed by atoms with Crippen LogP contribution in [0.15, 0.2) is 71.8 Å². The second kappa shape index (κ2) is 9.85. The molecule has 1 aliphatic rings. The number of pyridine rings is 2. The Bertz CT molecular complexity index is 1200. The van der Waals surface area contributed by atoms with Gasteiger partial charge in [0.15, 0.2) is 0 Å². The Hall–Kier alpha value is -3.69. The van der Waals surface area contributed by atoms with E-state index in [1.165, 1.54) is 21.7 Å². The fourth-order valence-electron chi connectivity index (χ4n) is 3.62. The zero-order valence-corrected chi connectivity index (χ0v) is 18.5. The third-order valence-electron chi connectivity index (χ3n) is 5.35. The number of likely N-dealkylation sites (tertiary alicyclic amines) is 1. The number of halogens is 1. The van der Waals surface area contributed by atoms with E-state index in [2.05, 4.69) is 15.6 Å². The van der Waals surface area contributed by atoms with Crippen molar-refractivity contribution in [3.8, 4) is 5.69 Å². The van der Waals surface area contributed by atoms with Crippen molar-refractivity contribution in [2.45, 2.75) is 18.6 Å². The Morgan fingerprint density at radius 3 is 2.55 bits per heavy atom. The van der Waals surface area contributed by atoms with E-state index in [0.29, 0.717) is 28.6 Å². The maximum absolute atomic E-state index is 13.0. The normalized spacial score (nSPS) is 17.6. The van der Waals surface area contributed by atoms with Crippen molar-refractivity contribution < 1.29 is 14.3 Å². The van der Waals surface area contributed by atoms with E-state index in [9.17, 15) is 14.4 Å². The van der Waals surface area contributed by atoms with Crippen molar-refractivity contribution >= 4 is 35.0 Å². The fourth-order valence-corrected chi connectivity index (χ4v) is 3.75. The summed E-state index contributed by atoms with van der Waals surface area (Å²) in [4.78, 5) is 43.5. The number of hydrogen-bond donors (Lipinski definition) is 2. The number of nitrogens with zero attached hydrogens (tertiary/aromatic N) is 3. The van der Waals surface area contributed by atoms with Crippen LogP contribution in [0.3, 0.4) is 0 Å². The molecule has 0 unspecified atom stereocenters. The number of rotatable bonds is 5. The molecule has 0 aliphatic carbocycles. The lowest BCUT2D eigenvalue weighted by Crippen LogP contribution is -2.45. The minimum atomic E-state index is -0.736. The maximum Gasteiger partial charge on any atom is 0.322 e. The molecule has 1 fully saturated rings. The van der Waals surface area contributed by atoms with E-state index < -0.39 is 12.1 Å². The van der Waals surface area contributed by atoms with Gasteiger partial charge in [0.05, 0.1) is 18.0 Å². The van der Waals surface area contributed by atoms with Crippen LogP contribution in [-0.4, -0.2) is 52.2 Å². The van der Waals surface area contributed by atoms with Gasteiger partial charge in [-0.2, -0.15) is 0 Å². The first-order chi connectivity index (χ1) is 15.9. The van der Waals surface area contributed by atoms with Crippen LogP contribution in [0.1, 0.15) is 6.42 Å². The SMILES string of the molecule is CO[C@@H]1C[C@H](C(=O)Nc2ccc(-n3ccccc3=O)cn2)N(C(=O)Nc2ccc(Cl)cc2)C1. The molecule has 4 rings (SSSR count). The van der Waals surface area contributed by atoms with Gasteiger partial charge in [0.1, 0.15) is 11.9 Å². The molecular formula is C23H22ClN5O4. The molecule has 2 atom stereocenters. The Kier molecular flexibility index (Phi) is 6.71. The second-order valence-corrected chi connectivity index (χ2v) is 7.93. The number of urea groups is 1. The fraction of sp³-hybridized carbons (Fsp3) is 0.217. The molecule has 2 aromatic heterocycles. The molecular weight excluding hydrogens is 446 g/mol. The molecule has 33 heavy (non-hydrogen) atoms. The zero-order chi connectivity index (χ0) is 23.4. The molecule has 1 saturated heterocycles. The summed E-state index contributed by atoms with van der Waals surface area (Å²) in [6.07, 6.45) is 3.22. The van der Waals surface area contributed by atoms with E-state index >= 15 is 0 Å². The predicted molar refractivity (Wildman–Crippen MR) is 125 cm³/mol. The van der Waals surface area contributed by atoms with Gasteiger partial charge < -0.3 is 20.3 Å². The highest BCUT2D eigenvalue weighted by molar-refractivity contribution is 6.30. The summed E-state index contributed by atoms with van der Waals surface area (Å²) < 4.78 is 6.84. The molecule has 170 valence electrons. The number of methoxy groups -OCH3 is 1. The molecule has 0 radical (unpaired) electrons. The van der Waals surface area contributed by atoms with Crippen molar-refractivity contribution in [2.75, 3.05) is 24.3 Å². The Morgan fingerprint density at radius 1 is 1.09 bits per heavy atom. The number of anilines is 2. The monoisotopic (exact) mass is 467 g/mol. The molecule has 1 aromatic carbocycles. The van der Waals surface area contributed by atoms with Crippen LogP contribution < -0.4 is 16.2 Å². The molecule has 3 heterocycles. The second-order valence-electron chi connectivity index (χ2n) is 7.50. The summed E-state index contributed by atoms with van der Waals surface area (Å²) in [7, 11) is 1.55. The van der Waals surface area contributed by atoms with Crippen molar-refractivity contribution in [3.05, 3.63) is 82.4 Å². The molecule has 2 N–H and O–H groups in total. The van der Waals surface area contributed by atoms with E-state index in [0.717, 1.165) is 0 Å². The van der Waals surface area contributed by atoms with E-state index in [1.807, 2.05) is 0 Å². The first kappa shape index (κ1) is 22.5. The molecule has 3 amide bonds. The number of carbonyl (C=O) groups is 2. The molecule has 1 aliphatic heterocycles. The topological polar surface area (TPSA) is 106 Å². The van der Waals surface area contributed by atoms with Crippen molar-refractivity contribution in [1.82, 2.24) is 14.5 Å². The number of ether oxygens (including phenoxy) is 1. The lowest BCUT2D eigenvalue weighted by molar-refractivity contribution is -0.119. The third-order valence-corrected chi connectivity index (χ3v) is 5.61. The summed E-state index contributed by atoms with van der Waals surface area (Å²) in [5, 5.41) is 6.08. The van der Waals surface area contributed by atoms with Gasteiger partial charge in [0.25, 0.3) is 5.56 Å². The first-order valence-electron chi connectivity index (χ1n) is 10.3. The Labute approximate surface area is 195 Å². The van der Waals surface area contributed by atoms with Gasteiger partial charge in [0, 0.05) is 43.0 Å². The quantitative estimate of drug-likeness (QED) is 0.599. The molecule has 10 heteroatoms. The molecule has 0 bridgehead atoms. The molecule has 0 saturated carbocycles. The van der Waals surface area contributed by atoms with Crippen molar-refractivity contribution in [1.29, 1.82) is 0 Å². The van der Waals surface area contributed by atoms with Gasteiger partial charge in [-0.15, -0.1) is 0 Å². The van der Waals surface area contributed by atoms with Crippen LogP contribution >= 0.6 is 11.6 Å². The highest BCUT2D eigenvalue weighted by atomic mass is 35.5. The van der Waals surface area contributed by atoms with Gasteiger partial charge in [-0.1, -0.05) is 17.7 Å². The predicted octanol–water partition coefficient (Wildman–Crippen LogP) is 3.15. The third kappa shape index (κ3) is 5.21. The van der Waals surface area contributed by atoms with E-state index in [4.69, 9.17) is 16.3 Å². The van der Waals surface area contributed by atoms with E-state index in [1.54, 1.807) is 61.8 Å². The van der Waals surface area contributed by atoms with Crippen molar-refractivity contribution in [3.63, 3.8) is 0 Å². The number of benzene rings is 1. The number of amides is 3. The van der Waals surface area contributed by atoms with Gasteiger partial charge in [-0.05, 0) is 42.5 Å². The Balaban J connectivity index is 1.46. The highest BCUT2D eigenvalue weighted by Crippen LogP contribution is 2.23. The number of hydrogen-bond acceptors (Lipinski definition) is 5. The van der Waals surface area contributed by atoms with E-state index in [-0.39, 0.29) is 24.1 Å². The molecule has 9 nitrogen and oxygen atoms in total. The Morgan fingerprint density at radius 2 is 1.88 bits per heavy atom. The minimum Gasteiger partial charge on any atom is -0.380 e. The van der Waals surface area contributed by atoms with Gasteiger partial charge in [-0.25, -0.2) is 9.78 Å². The summed E-state index contributed by atoms with van der Waals surface area (Å²) in [5.41, 5.74) is 0.954. The van der Waals surface area contributed by atoms with Crippen LogP contribution in [0.2, 0.25) is 5.02 Å². The first-order valence-corrected chi connectivity index (χ1v) is 10.6. The molecule has 0 spiro atoms. The average molecular weight is 468 g/mol. The number of nitrogens with one attached hydrogen (secondary N) is 2. The zero-order valence-electron chi connectivity index (χ0n) is 17.8. The number of aromatic nitrogens is 2. The smallest absolute Gasteiger partial charge is 0.322 e. The van der Waals surface area contributed by atoms with Gasteiger partial charge in [-0.3, -0.25) is 14.2 Å². The molecule has 3 aromatic rings. The van der Waals surface area contributed by atoms with Crippen LogP contribution in [0.25, 0.3) is 5.69 Å². The summed E-state index contributed by atoms with van der Waals surface area (Å²) in [6.45, 7) is 0.275. The summed E-state index contributed by atoms with van der Waals surface area (Å²) in [6, 6.07) is 13.7. The van der Waals surface area contributed by atoms with Gasteiger partial charge >= 0.3 is 6.03 Å². The highest BCUT2D eigenvalue weighted by Gasteiger charge is 2.40. The minimum absolute atomic E-state index is 0.185. The maximum atomic E-state index is 13.0. The van der Waals surface area contributed by atoms with Crippen LogP contribution in [0.4, 0.5) is 16.3 Å². The standard InChI is InChI=1S/C23H22ClN5O4/c1-33-18-12-19(29(14-18)23(32)26-16-7-5-15(24)6-8-16)22(31)27-20-10-9-17(13-25-20)28-11-3-2-4-21(28)30/h2-11,13,18-19H,12,14H2,1H3,(H,26,32)(H,25,27,31)/t18-,19-/m1/s1. The van der Waals surface area contributed by atoms with Crippen LogP contribution in [0, 0.1) is 0 Å².